The van der Waals surface area contributed by atoms with E-state index in [-0.39, 0.29) is 11.8 Å². The van der Waals surface area contributed by atoms with Crippen LogP contribution in [0.25, 0.3) is 0 Å². The molecule has 47 heavy (non-hydrogen) atoms. The van der Waals surface area contributed by atoms with Crippen LogP contribution in [-0.4, -0.2) is 71.1 Å². The Morgan fingerprint density at radius 3 is 2.47 bits per heavy atom. The van der Waals surface area contributed by atoms with Gasteiger partial charge in [0.1, 0.15) is 5.01 Å². The Balaban J connectivity index is 0.000000632. The molecule has 2 amide bonds. The summed E-state index contributed by atoms with van der Waals surface area (Å²) in [4.78, 5) is 38.9. The smallest absolute Gasteiger partial charge is 0.254 e. The lowest BCUT2D eigenvalue weighted by molar-refractivity contribution is 0.0785. The molecule has 10 heteroatoms. The van der Waals surface area contributed by atoms with Gasteiger partial charge in [-0.05, 0) is 68.5 Å². The third-order valence-electron chi connectivity index (χ3n) is 7.91. The highest BCUT2D eigenvalue weighted by Crippen LogP contribution is 2.25. The minimum absolute atomic E-state index is 0.177. The first-order chi connectivity index (χ1) is 22.6. The third kappa shape index (κ3) is 11.3. The van der Waals surface area contributed by atoms with Gasteiger partial charge >= 0.3 is 0 Å². The molecule has 5 rings (SSSR count). The molecular weight excluding hydrogens is 609 g/mol. The number of carbonyl (C=O) groups excluding carboxylic acids is 2. The first-order valence-electron chi connectivity index (χ1n) is 16.3. The van der Waals surface area contributed by atoms with Gasteiger partial charge in [0.25, 0.3) is 11.8 Å². The molecule has 1 saturated heterocycles. The van der Waals surface area contributed by atoms with E-state index < -0.39 is 6.10 Å². The largest absolute Gasteiger partial charge is 0.391 e. The Morgan fingerprint density at radius 2 is 1.83 bits per heavy atom. The molecule has 1 aliphatic heterocycles. The number of hydrogen-bond acceptors (Lipinski definition) is 8. The van der Waals surface area contributed by atoms with Gasteiger partial charge in [0.15, 0.2) is 0 Å². The van der Waals surface area contributed by atoms with Crippen LogP contribution in [-0.2, 0) is 13.1 Å². The molecular formula is C37H48N6O3S. The lowest BCUT2D eigenvalue weighted by atomic mass is 10.0. The van der Waals surface area contributed by atoms with E-state index in [9.17, 15) is 14.7 Å². The van der Waals surface area contributed by atoms with E-state index >= 15 is 0 Å². The summed E-state index contributed by atoms with van der Waals surface area (Å²) >= 11 is 1.52. The minimum Gasteiger partial charge on any atom is -0.391 e. The van der Waals surface area contributed by atoms with Gasteiger partial charge in [-0.3, -0.25) is 14.6 Å². The molecule has 3 heterocycles. The molecule has 250 valence electrons. The Bertz CT molecular complexity index is 1590. The van der Waals surface area contributed by atoms with E-state index in [0.29, 0.717) is 49.6 Å². The zero-order valence-corrected chi connectivity index (χ0v) is 29.0. The monoisotopic (exact) mass is 656 g/mol. The average Bonchev–Trinajstić information content (AvgIpc) is 3.70. The number of aryl methyl sites for hydroxylation is 2. The number of benzene rings is 2. The van der Waals surface area contributed by atoms with E-state index in [1.165, 1.54) is 22.5 Å². The van der Waals surface area contributed by atoms with Crippen molar-refractivity contribution in [1.82, 2.24) is 25.5 Å². The summed E-state index contributed by atoms with van der Waals surface area (Å²) in [5.74, 6) is 0.0431. The fraction of sp³-hybridized carbons (Fsp3) is 0.405. The second-order valence-corrected chi connectivity index (χ2v) is 13.4. The molecule has 4 aromatic rings. The van der Waals surface area contributed by atoms with Crippen molar-refractivity contribution in [3.63, 3.8) is 0 Å². The number of anilines is 1. The highest BCUT2D eigenvalue weighted by Gasteiger charge is 2.24. The van der Waals surface area contributed by atoms with E-state index in [0.717, 1.165) is 41.5 Å². The van der Waals surface area contributed by atoms with Crippen LogP contribution in [0.5, 0.6) is 0 Å². The Kier molecular flexibility index (Phi) is 13.5. The van der Waals surface area contributed by atoms with Crippen molar-refractivity contribution in [2.75, 3.05) is 38.1 Å². The molecule has 3 N–H and O–H groups in total. The highest BCUT2D eigenvalue weighted by atomic mass is 32.1. The SMILES string of the molecule is Cc1ccccc1.Cc1csc(CN(C)C(=O)c2cc(C(=O)NCCCNCc3cncc(C(C)C)c3)cc(N3CCC(O)C3)c2)n1. The lowest BCUT2D eigenvalue weighted by Crippen LogP contribution is -2.30. The number of rotatable bonds is 12. The number of amides is 2. The molecule has 0 bridgehead atoms. The maximum atomic E-state index is 13.4. The van der Waals surface area contributed by atoms with Crippen LogP contribution in [0, 0.1) is 13.8 Å². The van der Waals surface area contributed by atoms with Crippen LogP contribution in [0.15, 0.2) is 72.4 Å². The number of carbonyl (C=O) groups is 2. The van der Waals surface area contributed by atoms with Crippen molar-refractivity contribution in [3.05, 3.63) is 111 Å². The van der Waals surface area contributed by atoms with Crippen molar-refractivity contribution in [2.24, 2.45) is 0 Å². The van der Waals surface area contributed by atoms with Gasteiger partial charge in [-0.1, -0.05) is 55.8 Å². The predicted octanol–water partition coefficient (Wildman–Crippen LogP) is 5.72. The van der Waals surface area contributed by atoms with Crippen LogP contribution in [0.4, 0.5) is 5.69 Å². The molecule has 1 atom stereocenters. The fourth-order valence-corrected chi connectivity index (χ4v) is 6.02. The van der Waals surface area contributed by atoms with Gasteiger partial charge in [-0.25, -0.2) is 4.98 Å². The van der Waals surface area contributed by atoms with Gasteiger partial charge < -0.3 is 25.5 Å². The zero-order valence-electron chi connectivity index (χ0n) is 28.2. The fourth-order valence-electron chi connectivity index (χ4n) is 5.20. The van der Waals surface area contributed by atoms with Crippen LogP contribution in [0.3, 0.4) is 0 Å². The normalized spacial score (nSPS) is 14.1. The highest BCUT2D eigenvalue weighted by molar-refractivity contribution is 7.09. The number of aromatic nitrogens is 2. The van der Waals surface area contributed by atoms with Crippen molar-refractivity contribution in [1.29, 1.82) is 0 Å². The number of thiazole rings is 1. The Morgan fingerprint density at radius 1 is 1.06 bits per heavy atom. The maximum absolute atomic E-state index is 13.4. The average molecular weight is 657 g/mol. The summed E-state index contributed by atoms with van der Waals surface area (Å²) < 4.78 is 0. The van der Waals surface area contributed by atoms with E-state index in [1.54, 1.807) is 24.1 Å². The molecule has 1 unspecified atom stereocenters. The second-order valence-electron chi connectivity index (χ2n) is 12.4. The maximum Gasteiger partial charge on any atom is 0.254 e. The number of nitrogens with zero attached hydrogens (tertiary/aromatic N) is 4. The molecule has 9 nitrogen and oxygen atoms in total. The van der Waals surface area contributed by atoms with Crippen molar-refractivity contribution in [3.8, 4) is 0 Å². The predicted molar refractivity (Wildman–Crippen MR) is 190 cm³/mol. The molecule has 2 aromatic heterocycles. The first kappa shape index (κ1) is 35.7. The van der Waals surface area contributed by atoms with Gasteiger partial charge in [-0.2, -0.15) is 0 Å². The second kappa shape index (κ2) is 17.7. The van der Waals surface area contributed by atoms with E-state index in [4.69, 9.17) is 0 Å². The topological polar surface area (TPSA) is 111 Å². The molecule has 1 aliphatic rings. The van der Waals surface area contributed by atoms with Crippen LogP contribution < -0.4 is 15.5 Å². The van der Waals surface area contributed by atoms with Crippen molar-refractivity contribution >= 4 is 28.8 Å². The molecule has 2 aromatic carbocycles. The number of β-amino-alcohol motifs (C(OH)–C–C–N with tert-alkyl or cyclic N) is 1. The van der Waals surface area contributed by atoms with Crippen LogP contribution in [0.1, 0.15) is 80.7 Å². The number of pyridine rings is 1. The third-order valence-corrected chi connectivity index (χ3v) is 8.86. The number of aliphatic hydroxyl groups is 1. The molecule has 0 spiro atoms. The van der Waals surface area contributed by atoms with Crippen molar-refractivity contribution < 1.29 is 14.7 Å². The first-order valence-corrected chi connectivity index (χ1v) is 17.2. The minimum atomic E-state index is -0.413. The summed E-state index contributed by atoms with van der Waals surface area (Å²) in [5.41, 5.74) is 6.27. The Hall–Kier alpha value is -4.12. The number of aliphatic hydroxyl groups excluding tert-OH is 1. The van der Waals surface area contributed by atoms with Gasteiger partial charge in [0, 0.05) is 73.5 Å². The van der Waals surface area contributed by atoms with E-state index in [2.05, 4.69) is 59.6 Å². The van der Waals surface area contributed by atoms with Crippen LogP contribution in [0.2, 0.25) is 0 Å². The van der Waals surface area contributed by atoms with E-state index in [1.807, 2.05) is 53.9 Å². The van der Waals surface area contributed by atoms with Gasteiger partial charge in [0.2, 0.25) is 0 Å². The molecule has 1 fully saturated rings. The summed E-state index contributed by atoms with van der Waals surface area (Å²) in [5, 5.41) is 19.3. The summed E-state index contributed by atoms with van der Waals surface area (Å²) in [6.45, 7) is 11.9. The quantitative estimate of drug-likeness (QED) is 0.167. The standard InChI is InChI=1S/C30H40N6O3S.C7H8/c1-20(2)25-10-22(15-32-16-25)14-31-7-5-8-33-29(38)23-11-24(13-26(12-23)36-9-6-27(37)17-36)30(39)35(4)18-28-34-21(3)19-40-28;1-7-5-3-2-4-6-7/h10-13,15-16,19-20,27,31,37H,5-9,14,17-18H2,1-4H3,(H,33,38);2-6H,1H3. The van der Waals surface area contributed by atoms with Crippen molar-refractivity contribution in [2.45, 2.75) is 65.6 Å². The number of hydrogen-bond donors (Lipinski definition) is 3. The Labute approximate surface area is 283 Å². The van der Waals surface area contributed by atoms with Gasteiger partial charge in [-0.15, -0.1) is 11.3 Å². The summed E-state index contributed by atoms with van der Waals surface area (Å²) in [6, 6.07) is 17.7. The molecule has 0 radical (unpaired) electrons. The lowest BCUT2D eigenvalue weighted by Gasteiger charge is -2.22. The zero-order chi connectivity index (χ0) is 33.8. The molecule has 0 aliphatic carbocycles. The number of nitrogens with one attached hydrogen (secondary N) is 2. The van der Waals surface area contributed by atoms with Crippen LogP contribution >= 0.6 is 11.3 Å². The summed E-state index contributed by atoms with van der Waals surface area (Å²) in [6.07, 6.45) is 4.80. The molecule has 0 saturated carbocycles. The van der Waals surface area contributed by atoms with Gasteiger partial charge in [0.05, 0.1) is 12.6 Å². The summed E-state index contributed by atoms with van der Waals surface area (Å²) in [7, 11) is 1.74.